The summed E-state index contributed by atoms with van der Waals surface area (Å²) in [5.41, 5.74) is 1.85. The highest BCUT2D eigenvalue weighted by Crippen LogP contribution is 2.21. The van der Waals surface area contributed by atoms with Gasteiger partial charge in [0.1, 0.15) is 0 Å². The Morgan fingerprint density at radius 1 is 1.25 bits per heavy atom. The van der Waals surface area contributed by atoms with Crippen LogP contribution in [0.5, 0.6) is 0 Å². The minimum Gasteiger partial charge on any atom is -0.277 e. The number of para-hydroxylation sites is 1. The molecule has 0 bridgehead atoms. The Morgan fingerprint density at radius 2 is 1.95 bits per heavy atom. The molecule has 104 valence electrons. The molecule has 0 amide bonds. The molecule has 3 N–H and O–H groups in total. The molecule has 0 saturated carbocycles. The molecule has 0 spiro atoms. The van der Waals surface area contributed by atoms with Crippen molar-refractivity contribution < 1.29 is 0 Å². The number of hydrogen-bond donors (Lipinski definition) is 2. The highest BCUT2D eigenvalue weighted by atomic mass is 32.2. The fourth-order valence-electron chi connectivity index (χ4n) is 1.73. The SMILES string of the molecule is CC(CSC(=N)N(N)c1ccccc1)c1ccccn1. The van der Waals surface area contributed by atoms with E-state index < -0.39 is 0 Å². The normalized spacial score (nSPS) is 11.9. The van der Waals surface area contributed by atoms with Crippen molar-refractivity contribution in [2.24, 2.45) is 5.84 Å². The average molecular weight is 286 g/mol. The summed E-state index contributed by atoms with van der Waals surface area (Å²) in [6.07, 6.45) is 1.79. The molecule has 0 aliphatic rings. The summed E-state index contributed by atoms with van der Waals surface area (Å²) in [5, 5.41) is 9.76. The summed E-state index contributed by atoms with van der Waals surface area (Å²) in [7, 11) is 0. The first-order valence-corrected chi connectivity index (χ1v) is 7.39. The number of aromatic nitrogens is 1. The topological polar surface area (TPSA) is 66.0 Å². The van der Waals surface area contributed by atoms with Crippen molar-refractivity contribution in [2.75, 3.05) is 10.8 Å². The third-order valence-corrected chi connectivity index (χ3v) is 4.05. The highest BCUT2D eigenvalue weighted by molar-refractivity contribution is 8.14. The van der Waals surface area contributed by atoms with Gasteiger partial charge in [-0.2, -0.15) is 0 Å². The second kappa shape index (κ2) is 7.07. The third-order valence-electron chi connectivity index (χ3n) is 2.92. The van der Waals surface area contributed by atoms with Gasteiger partial charge in [-0.05, 0) is 24.3 Å². The Morgan fingerprint density at radius 3 is 2.60 bits per heavy atom. The number of rotatable bonds is 4. The Kier molecular flexibility index (Phi) is 5.15. The van der Waals surface area contributed by atoms with Gasteiger partial charge in [-0.25, -0.2) is 5.84 Å². The first-order chi connectivity index (χ1) is 9.68. The summed E-state index contributed by atoms with van der Waals surface area (Å²) in [4.78, 5) is 4.33. The molecule has 1 unspecified atom stereocenters. The van der Waals surface area contributed by atoms with Crippen LogP contribution in [0.4, 0.5) is 5.69 Å². The fraction of sp³-hybridized carbons (Fsp3) is 0.200. The van der Waals surface area contributed by atoms with Crippen LogP contribution in [0.1, 0.15) is 18.5 Å². The number of thioether (sulfide) groups is 1. The van der Waals surface area contributed by atoms with Crippen LogP contribution in [0.15, 0.2) is 54.7 Å². The van der Waals surface area contributed by atoms with Gasteiger partial charge in [0, 0.05) is 23.6 Å². The van der Waals surface area contributed by atoms with Crippen molar-refractivity contribution in [1.29, 1.82) is 5.41 Å². The molecular formula is C15H18N4S. The minimum atomic E-state index is 0.283. The first kappa shape index (κ1) is 14.6. The standard InChI is InChI=1S/C15H18N4S/c1-12(14-9-5-6-10-18-14)11-20-15(16)19(17)13-7-3-2-4-8-13/h2-10,12,16H,11,17H2,1H3. The predicted octanol–water partition coefficient (Wildman–Crippen LogP) is 3.23. The van der Waals surface area contributed by atoms with E-state index in [-0.39, 0.29) is 5.92 Å². The molecule has 0 aliphatic carbocycles. The van der Waals surface area contributed by atoms with Gasteiger partial charge in [0.25, 0.3) is 0 Å². The van der Waals surface area contributed by atoms with Gasteiger partial charge in [0.05, 0.1) is 5.69 Å². The van der Waals surface area contributed by atoms with Crippen LogP contribution in [0.25, 0.3) is 0 Å². The molecule has 20 heavy (non-hydrogen) atoms. The number of pyridine rings is 1. The average Bonchev–Trinajstić information content (AvgIpc) is 2.53. The molecule has 1 aromatic carbocycles. The van der Waals surface area contributed by atoms with E-state index >= 15 is 0 Å². The van der Waals surface area contributed by atoms with Crippen LogP contribution in [0.2, 0.25) is 0 Å². The number of hydrogen-bond acceptors (Lipinski definition) is 4. The quantitative estimate of drug-likeness (QED) is 0.392. The lowest BCUT2D eigenvalue weighted by Crippen LogP contribution is -2.35. The smallest absolute Gasteiger partial charge is 0.175 e. The molecule has 0 fully saturated rings. The van der Waals surface area contributed by atoms with Crippen molar-refractivity contribution in [3.8, 4) is 0 Å². The van der Waals surface area contributed by atoms with Gasteiger partial charge in [0.2, 0.25) is 0 Å². The lowest BCUT2D eigenvalue weighted by Gasteiger charge is -2.19. The van der Waals surface area contributed by atoms with Crippen molar-refractivity contribution in [2.45, 2.75) is 12.8 Å². The second-order valence-corrected chi connectivity index (χ2v) is 5.49. The van der Waals surface area contributed by atoms with Crippen LogP contribution in [-0.2, 0) is 0 Å². The molecule has 5 heteroatoms. The van der Waals surface area contributed by atoms with Crippen molar-refractivity contribution >= 4 is 22.6 Å². The molecule has 4 nitrogen and oxygen atoms in total. The van der Waals surface area contributed by atoms with Crippen LogP contribution >= 0.6 is 11.8 Å². The molecule has 0 radical (unpaired) electrons. The first-order valence-electron chi connectivity index (χ1n) is 6.40. The summed E-state index contributed by atoms with van der Waals surface area (Å²) in [6, 6.07) is 15.4. The molecule has 1 atom stereocenters. The maximum Gasteiger partial charge on any atom is 0.175 e. The van der Waals surface area contributed by atoms with Crippen LogP contribution < -0.4 is 10.9 Å². The number of anilines is 1. The zero-order valence-electron chi connectivity index (χ0n) is 11.4. The van der Waals surface area contributed by atoms with Gasteiger partial charge in [-0.3, -0.25) is 15.4 Å². The Bertz CT molecular complexity index is 544. The van der Waals surface area contributed by atoms with Crippen molar-refractivity contribution in [1.82, 2.24) is 4.98 Å². The van der Waals surface area contributed by atoms with E-state index in [2.05, 4.69) is 11.9 Å². The van der Waals surface area contributed by atoms with Crippen molar-refractivity contribution in [3.05, 3.63) is 60.4 Å². The monoisotopic (exact) mass is 286 g/mol. The highest BCUT2D eigenvalue weighted by Gasteiger charge is 2.12. The van der Waals surface area contributed by atoms with E-state index in [1.807, 2.05) is 48.5 Å². The number of nitrogens with one attached hydrogen (secondary N) is 1. The number of hydrazine groups is 1. The molecule has 2 rings (SSSR count). The number of nitrogens with zero attached hydrogens (tertiary/aromatic N) is 2. The fourth-order valence-corrected chi connectivity index (χ4v) is 2.56. The van der Waals surface area contributed by atoms with Crippen LogP contribution in [-0.4, -0.2) is 15.9 Å². The molecule has 0 saturated heterocycles. The van der Waals surface area contributed by atoms with Crippen molar-refractivity contribution in [3.63, 3.8) is 0 Å². The summed E-state index contributed by atoms with van der Waals surface area (Å²) in [6.45, 7) is 2.10. The zero-order valence-corrected chi connectivity index (χ0v) is 12.2. The van der Waals surface area contributed by atoms with E-state index in [9.17, 15) is 0 Å². The molecule has 2 aromatic rings. The second-order valence-electron chi connectivity index (χ2n) is 4.48. The minimum absolute atomic E-state index is 0.283. The molecule has 1 aromatic heterocycles. The lowest BCUT2D eigenvalue weighted by molar-refractivity contribution is 0.836. The summed E-state index contributed by atoms with van der Waals surface area (Å²) in [5.74, 6) is 6.99. The van der Waals surface area contributed by atoms with Gasteiger partial charge < -0.3 is 0 Å². The third kappa shape index (κ3) is 3.82. The molecular weight excluding hydrogens is 268 g/mol. The number of benzene rings is 1. The number of amidine groups is 1. The van der Waals surface area contributed by atoms with E-state index in [0.29, 0.717) is 5.17 Å². The largest absolute Gasteiger partial charge is 0.277 e. The van der Waals surface area contributed by atoms with Crippen LogP contribution in [0.3, 0.4) is 0 Å². The Hall–Kier alpha value is -1.85. The predicted molar refractivity (Wildman–Crippen MR) is 85.9 cm³/mol. The maximum absolute atomic E-state index is 8.03. The Labute approximate surface area is 123 Å². The molecule has 0 aliphatic heterocycles. The maximum atomic E-state index is 8.03. The van der Waals surface area contributed by atoms with E-state index in [1.54, 1.807) is 6.20 Å². The summed E-state index contributed by atoms with van der Waals surface area (Å²) >= 11 is 1.43. The van der Waals surface area contributed by atoms with Gasteiger partial charge in [-0.15, -0.1) is 0 Å². The number of nitrogens with two attached hydrogens (primary N) is 1. The van der Waals surface area contributed by atoms with Gasteiger partial charge in [0.15, 0.2) is 5.17 Å². The summed E-state index contributed by atoms with van der Waals surface area (Å²) < 4.78 is 0. The Balaban J connectivity index is 1.89. The van der Waals surface area contributed by atoms with E-state index in [0.717, 1.165) is 17.1 Å². The van der Waals surface area contributed by atoms with E-state index in [1.165, 1.54) is 16.8 Å². The van der Waals surface area contributed by atoms with E-state index in [4.69, 9.17) is 11.3 Å². The molecule has 1 heterocycles. The van der Waals surface area contributed by atoms with Gasteiger partial charge in [-0.1, -0.05) is 43.0 Å². The van der Waals surface area contributed by atoms with Gasteiger partial charge >= 0.3 is 0 Å². The zero-order chi connectivity index (χ0) is 14.4. The lowest BCUT2D eigenvalue weighted by atomic mass is 10.1. The van der Waals surface area contributed by atoms with Crippen LogP contribution in [0, 0.1) is 5.41 Å².